The lowest BCUT2D eigenvalue weighted by Crippen LogP contribution is -2.42. The van der Waals surface area contributed by atoms with Gasteiger partial charge in [-0.1, -0.05) is 0 Å². The molecule has 1 aliphatic heterocycles. The molecule has 0 aromatic rings. The topological polar surface area (TPSA) is 59.8 Å². The first kappa shape index (κ1) is 12.7. The molecule has 0 unspecified atom stereocenters. The van der Waals surface area contributed by atoms with Gasteiger partial charge in [0.25, 0.3) is 0 Å². The van der Waals surface area contributed by atoms with Crippen molar-refractivity contribution in [2.75, 3.05) is 26.2 Å². The first-order chi connectivity index (χ1) is 7.65. The first-order valence-electron chi connectivity index (χ1n) is 5.73. The van der Waals surface area contributed by atoms with Gasteiger partial charge in [0.15, 0.2) is 0 Å². The zero-order chi connectivity index (χ0) is 12.0. The fourth-order valence-electron chi connectivity index (χ4n) is 1.80. The van der Waals surface area contributed by atoms with Crippen LogP contribution in [0.5, 0.6) is 0 Å². The summed E-state index contributed by atoms with van der Waals surface area (Å²) in [5, 5.41) is 7.75. The molecule has 1 amide bonds. The lowest BCUT2D eigenvalue weighted by molar-refractivity contribution is -0.129. The Morgan fingerprint density at radius 2 is 1.75 bits per heavy atom. The van der Waals surface area contributed by atoms with Crippen molar-refractivity contribution in [2.24, 2.45) is 4.99 Å². The molecule has 0 atom stereocenters. The van der Waals surface area contributed by atoms with Crippen molar-refractivity contribution in [1.29, 1.82) is 5.41 Å². The molecule has 1 aliphatic rings. The van der Waals surface area contributed by atoms with Crippen LogP contribution in [0.1, 0.15) is 26.7 Å². The Bertz CT molecular complexity index is 288. The van der Waals surface area contributed by atoms with E-state index in [9.17, 15) is 4.79 Å². The molecule has 1 rings (SSSR count). The quantitative estimate of drug-likeness (QED) is 0.492. The normalized spacial score (nSPS) is 18.4. The summed E-state index contributed by atoms with van der Waals surface area (Å²) in [6, 6.07) is 0. The Labute approximate surface area is 96.6 Å². The molecule has 1 heterocycles. The van der Waals surface area contributed by atoms with Crippen LogP contribution in [0.3, 0.4) is 0 Å². The third kappa shape index (κ3) is 3.64. The molecule has 0 aromatic heterocycles. The third-order valence-electron chi connectivity index (χ3n) is 2.74. The predicted octanol–water partition coefficient (Wildman–Crippen LogP) is 0.956. The number of hydrogen-bond donors (Lipinski definition) is 1. The summed E-state index contributed by atoms with van der Waals surface area (Å²) in [4.78, 5) is 19.0. The molecule has 5 nitrogen and oxygen atoms in total. The zero-order valence-corrected chi connectivity index (χ0v) is 10.1. The second kappa shape index (κ2) is 6.25. The highest BCUT2D eigenvalue weighted by Gasteiger charge is 2.16. The van der Waals surface area contributed by atoms with E-state index in [0.29, 0.717) is 19.0 Å². The van der Waals surface area contributed by atoms with Crippen molar-refractivity contribution in [3.8, 4) is 0 Å². The van der Waals surface area contributed by atoms with Gasteiger partial charge in [-0.15, -0.1) is 0 Å². The highest BCUT2D eigenvalue weighted by molar-refractivity contribution is 5.84. The van der Waals surface area contributed by atoms with E-state index >= 15 is 0 Å². The summed E-state index contributed by atoms with van der Waals surface area (Å²) in [6.07, 6.45) is 3.63. The number of hydrogen-bond acceptors (Lipinski definition) is 2. The summed E-state index contributed by atoms with van der Waals surface area (Å²) in [7, 11) is 0. The minimum Gasteiger partial charge on any atom is -0.341 e. The number of aliphatic imine (C=N–C) groups is 1. The minimum atomic E-state index is 0.118. The highest BCUT2D eigenvalue weighted by atomic mass is 16.2. The fourth-order valence-corrected chi connectivity index (χ4v) is 1.80. The average Bonchev–Trinajstić information content (AvgIpc) is 2.16. The van der Waals surface area contributed by atoms with Crippen molar-refractivity contribution in [3.05, 3.63) is 0 Å². The van der Waals surface area contributed by atoms with Gasteiger partial charge in [0.2, 0.25) is 11.9 Å². The molecule has 90 valence electrons. The maximum absolute atomic E-state index is 11.3. The van der Waals surface area contributed by atoms with Crippen LogP contribution < -0.4 is 0 Å². The number of rotatable bonds is 0. The van der Waals surface area contributed by atoms with Gasteiger partial charge in [-0.3, -0.25) is 10.2 Å². The molecule has 0 radical (unpaired) electrons. The molecule has 0 aliphatic carbocycles. The first-order valence-corrected chi connectivity index (χ1v) is 5.73. The van der Waals surface area contributed by atoms with Gasteiger partial charge in [0, 0.05) is 39.3 Å². The summed E-state index contributed by atoms with van der Waals surface area (Å²) in [6.45, 7) is 6.50. The Balaban J connectivity index is 2.55. The molecule has 5 heteroatoms. The molecule has 0 saturated carbocycles. The molecule has 1 N–H and O–H groups in total. The van der Waals surface area contributed by atoms with Gasteiger partial charge in [-0.25, -0.2) is 4.99 Å². The van der Waals surface area contributed by atoms with Crippen molar-refractivity contribution in [3.63, 3.8) is 0 Å². The fraction of sp³-hybridized carbons (Fsp3) is 0.727. The predicted molar refractivity (Wildman–Crippen MR) is 65.0 cm³/mol. The van der Waals surface area contributed by atoms with Gasteiger partial charge >= 0.3 is 0 Å². The van der Waals surface area contributed by atoms with E-state index in [4.69, 9.17) is 5.41 Å². The Hall–Kier alpha value is -1.39. The van der Waals surface area contributed by atoms with Crippen molar-refractivity contribution >= 4 is 18.1 Å². The summed E-state index contributed by atoms with van der Waals surface area (Å²) >= 11 is 0. The van der Waals surface area contributed by atoms with Crippen LogP contribution in [0.25, 0.3) is 0 Å². The third-order valence-corrected chi connectivity index (χ3v) is 2.74. The van der Waals surface area contributed by atoms with Crippen LogP contribution in [0.4, 0.5) is 0 Å². The van der Waals surface area contributed by atoms with E-state index in [2.05, 4.69) is 4.99 Å². The number of nitrogens with zero attached hydrogens (tertiary/aromatic N) is 3. The van der Waals surface area contributed by atoms with Gasteiger partial charge in [0.05, 0.1) is 0 Å². The molecule has 0 bridgehead atoms. The van der Waals surface area contributed by atoms with Crippen LogP contribution in [0, 0.1) is 5.41 Å². The van der Waals surface area contributed by atoms with E-state index in [1.54, 1.807) is 20.1 Å². The standard InChI is InChI=1S/C11H20N4O/c1-3-13-11(12)15-7-5-4-6-14(8-9-15)10(2)16/h3,12H,4-9H2,1-2H3. The monoisotopic (exact) mass is 224 g/mol. The van der Waals surface area contributed by atoms with Gasteiger partial charge < -0.3 is 9.80 Å². The lowest BCUT2D eigenvalue weighted by Gasteiger charge is -2.30. The lowest BCUT2D eigenvalue weighted by atomic mass is 10.2. The molecule has 16 heavy (non-hydrogen) atoms. The van der Waals surface area contributed by atoms with Crippen LogP contribution in [-0.2, 0) is 4.79 Å². The van der Waals surface area contributed by atoms with Crippen molar-refractivity contribution < 1.29 is 4.79 Å². The van der Waals surface area contributed by atoms with Gasteiger partial charge in [-0.2, -0.15) is 0 Å². The van der Waals surface area contributed by atoms with Crippen LogP contribution in [0.15, 0.2) is 4.99 Å². The summed E-state index contributed by atoms with van der Waals surface area (Å²) in [5.41, 5.74) is 0. The maximum atomic E-state index is 11.3. The second-order valence-electron chi connectivity index (χ2n) is 3.91. The zero-order valence-electron chi connectivity index (χ0n) is 10.1. The van der Waals surface area contributed by atoms with E-state index in [1.807, 2.05) is 9.80 Å². The molecule has 1 fully saturated rings. The smallest absolute Gasteiger partial charge is 0.219 e. The Morgan fingerprint density at radius 3 is 2.31 bits per heavy atom. The largest absolute Gasteiger partial charge is 0.341 e. The second-order valence-corrected chi connectivity index (χ2v) is 3.91. The van der Waals surface area contributed by atoms with E-state index < -0.39 is 0 Å². The Morgan fingerprint density at radius 1 is 1.19 bits per heavy atom. The Kier molecular flexibility index (Phi) is 4.95. The van der Waals surface area contributed by atoms with Crippen LogP contribution >= 0.6 is 0 Å². The van der Waals surface area contributed by atoms with Crippen LogP contribution in [0.2, 0.25) is 0 Å². The number of nitrogens with one attached hydrogen (secondary N) is 1. The number of guanidine groups is 1. The molecule has 0 spiro atoms. The molecule has 0 aromatic carbocycles. The number of amides is 1. The highest BCUT2D eigenvalue weighted by Crippen LogP contribution is 2.05. The summed E-state index contributed by atoms with van der Waals surface area (Å²) < 4.78 is 0. The van der Waals surface area contributed by atoms with Gasteiger partial charge in [-0.05, 0) is 19.8 Å². The molecular weight excluding hydrogens is 204 g/mol. The number of carbonyl (C=O) groups excluding carboxylic acids is 1. The SMILES string of the molecule is CC=NC(=N)N1CCCCN(C(C)=O)CC1. The molecule has 1 saturated heterocycles. The van der Waals surface area contributed by atoms with Crippen LogP contribution in [-0.4, -0.2) is 54.1 Å². The van der Waals surface area contributed by atoms with E-state index in [-0.39, 0.29) is 5.91 Å². The minimum absolute atomic E-state index is 0.118. The average molecular weight is 224 g/mol. The van der Waals surface area contributed by atoms with E-state index in [1.165, 1.54) is 0 Å². The molecular formula is C11H20N4O. The van der Waals surface area contributed by atoms with E-state index in [0.717, 1.165) is 25.9 Å². The van der Waals surface area contributed by atoms with Crippen molar-refractivity contribution in [2.45, 2.75) is 26.7 Å². The van der Waals surface area contributed by atoms with Gasteiger partial charge in [0.1, 0.15) is 0 Å². The van der Waals surface area contributed by atoms with Crippen molar-refractivity contribution in [1.82, 2.24) is 9.80 Å². The summed E-state index contributed by atoms with van der Waals surface area (Å²) in [5.74, 6) is 0.417. The number of carbonyl (C=O) groups is 1. The maximum Gasteiger partial charge on any atom is 0.219 e.